The molecule has 1 aromatic carbocycles. The van der Waals surface area contributed by atoms with Crippen LogP contribution in [0.25, 0.3) is 0 Å². The van der Waals surface area contributed by atoms with Crippen molar-refractivity contribution in [3.05, 3.63) is 52.3 Å². The largest absolute Gasteiger partial charge is 0.378 e. The van der Waals surface area contributed by atoms with Crippen LogP contribution in [0.2, 0.25) is 0 Å². The zero-order valence-corrected chi connectivity index (χ0v) is 11.9. The molecule has 0 aliphatic rings. The van der Waals surface area contributed by atoms with Crippen LogP contribution >= 0.6 is 0 Å². The lowest BCUT2D eigenvalue weighted by atomic mass is 10.2. The summed E-state index contributed by atoms with van der Waals surface area (Å²) in [5.41, 5.74) is 6.43. The minimum Gasteiger partial charge on any atom is -0.378 e. The minimum absolute atomic E-state index is 0.0261. The number of rotatable bonds is 5. The van der Waals surface area contributed by atoms with Crippen molar-refractivity contribution in [2.75, 3.05) is 10.6 Å². The number of benzene rings is 1. The molecule has 0 saturated carbocycles. The molecule has 0 aliphatic carbocycles. The van der Waals surface area contributed by atoms with Gasteiger partial charge in [0.15, 0.2) is 0 Å². The first-order valence-electron chi connectivity index (χ1n) is 6.56. The van der Waals surface area contributed by atoms with Crippen LogP contribution in [0.5, 0.6) is 0 Å². The Morgan fingerprint density at radius 3 is 2.52 bits per heavy atom. The fraction of sp³-hybridized carbons (Fsp3) is 0.286. The van der Waals surface area contributed by atoms with Gasteiger partial charge in [0.1, 0.15) is 6.33 Å². The van der Waals surface area contributed by atoms with Crippen molar-refractivity contribution in [3.8, 4) is 0 Å². The molecule has 0 radical (unpaired) electrons. The predicted octanol–water partition coefficient (Wildman–Crippen LogP) is 2.38. The zero-order valence-electron chi connectivity index (χ0n) is 11.9. The van der Waals surface area contributed by atoms with Gasteiger partial charge >= 0.3 is 5.69 Å². The number of aromatic nitrogens is 2. The first-order chi connectivity index (χ1) is 10.0. The van der Waals surface area contributed by atoms with Crippen molar-refractivity contribution in [2.24, 2.45) is 0 Å². The molecular weight excluding hydrogens is 270 g/mol. The van der Waals surface area contributed by atoms with Crippen molar-refractivity contribution in [1.82, 2.24) is 9.97 Å². The van der Waals surface area contributed by atoms with E-state index in [4.69, 9.17) is 5.73 Å². The Hall–Kier alpha value is -2.70. The number of nitrogens with two attached hydrogens (primary N) is 1. The SMILES string of the molecule is CC(C)N(Cc1ccccc1)c1ncnc(N)c1[N+](=O)[O-]. The average Bonchev–Trinajstić information content (AvgIpc) is 2.45. The molecule has 0 saturated heterocycles. The number of hydrogen-bond acceptors (Lipinski definition) is 6. The third-order valence-corrected chi connectivity index (χ3v) is 3.10. The summed E-state index contributed by atoms with van der Waals surface area (Å²) >= 11 is 0. The van der Waals surface area contributed by atoms with Gasteiger partial charge in [-0.1, -0.05) is 30.3 Å². The van der Waals surface area contributed by atoms with Gasteiger partial charge in [0.05, 0.1) is 4.92 Å². The van der Waals surface area contributed by atoms with Crippen molar-refractivity contribution >= 4 is 17.3 Å². The molecule has 0 aliphatic heterocycles. The highest BCUT2D eigenvalue weighted by atomic mass is 16.6. The molecular formula is C14H17N5O2. The van der Waals surface area contributed by atoms with Crippen LogP contribution in [0.1, 0.15) is 19.4 Å². The van der Waals surface area contributed by atoms with E-state index in [1.54, 1.807) is 0 Å². The van der Waals surface area contributed by atoms with Gasteiger partial charge in [-0.2, -0.15) is 0 Å². The van der Waals surface area contributed by atoms with E-state index in [1.807, 2.05) is 49.1 Å². The summed E-state index contributed by atoms with van der Waals surface area (Å²) in [5, 5.41) is 11.2. The van der Waals surface area contributed by atoms with Gasteiger partial charge in [0.25, 0.3) is 0 Å². The van der Waals surface area contributed by atoms with Crippen LogP contribution in [-0.4, -0.2) is 20.9 Å². The number of nitro groups is 1. The van der Waals surface area contributed by atoms with Crippen molar-refractivity contribution in [2.45, 2.75) is 26.4 Å². The highest BCUT2D eigenvalue weighted by Crippen LogP contribution is 2.31. The molecule has 7 heteroatoms. The molecule has 1 heterocycles. The zero-order chi connectivity index (χ0) is 15.4. The second kappa shape index (κ2) is 6.17. The van der Waals surface area contributed by atoms with E-state index in [2.05, 4.69) is 9.97 Å². The van der Waals surface area contributed by atoms with Gasteiger partial charge in [-0.15, -0.1) is 0 Å². The monoisotopic (exact) mass is 287 g/mol. The Kier molecular flexibility index (Phi) is 4.32. The number of nitrogens with zero attached hydrogens (tertiary/aromatic N) is 4. The molecule has 0 spiro atoms. The van der Waals surface area contributed by atoms with Crippen LogP contribution in [0.4, 0.5) is 17.3 Å². The van der Waals surface area contributed by atoms with Crippen LogP contribution in [0.3, 0.4) is 0 Å². The van der Waals surface area contributed by atoms with E-state index in [9.17, 15) is 10.1 Å². The maximum Gasteiger partial charge on any atom is 0.353 e. The van der Waals surface area contributed by atoms with E-state index in [1.165, 1.54) is 6.33 Å². The third-order valence-electron chi connectivity index (χ3n) is 3.10. The van der Waals surface area contributed by atoms with Gasteiger partial charge in [-0.25, -0.2) is 9.97 Å². The summed E-state index contributed by atoms with van der Waals surface area (Å²) in [4.78, 5) is 20.3. The van der Waals surface area contributed by atoms with Crippen LogP contribution in [0, 0.1) is 10.1 Å². The van der Waals surface area contributed by atoms with Crippen molar-refractivity contribution in [1.29, 1.82) is 0 Å². The topological polar surface area (TPSA) is 98.2 Å². The van der Waals surface area contributed by atoms with Gasteiger partial charge in [-0.05, 0) is 19.4 Å². The molecule has 0 bridgehead atoms. The summed E-state index contributed by atoms with van der Waals surface area (Å²) in [7, 11) is 0. The summed E-state index contributed by atoms with van der Waals surface area (Å²) in [6.07, 6.45) is 1.25. The van der Waals surface area contributed by atoms with E-state index < -0.39 is 4.92 Å². The smallest absolute Gasteiger partial charge is 0.353 e. The quantitative estimate of drug-likeness (QED) is 0.669. The Morgan fingerprint density at radius 2 is 1.95 bits per heavy atom. The number of hydrogen-bond donors (Lipinski definition) is 1. The normalized spacial score (nSPS) is 10.6. The van der Waals surface area contributed by atoms with Gasteiger partial charge in [0.2, 0.25) is 11.6 Å². The van der Waals surface area contributed by atoms with E-state index in [-0.39, 0.29) is 23.4 Å². The summed E-state index contributed by atoms with van der Waals surface area (Å²) in [6.45, 7) is 4.41. The highest BCUT2D eigenvalue weighted by molar-refractivity contribution is 5.68. The lowest BCUT2D eigenvalue weighted by molar-refractivity contribution is -0.383. The maximum absolute atomic E-state index is 11.2. The van der Waals surface area contributed by atoms with E-state index in [0.717, 1.165) is 5.56 Å². The summed E-state index contributed by atoms with van der Waals surface area (Å²) < 4.78 is 0. The molecule has 110 valence electrons. The van der Waals surface area contributed by atoms with Crippen molar-refractivity contribution in [3.63, 3.8) is 0 Å². The molecule has 0 atom stereocenters. The van der Waals surface area contributed by atoms with Crippen molar-refractivity contribution < 1.29 is 4.92 Å². The molecule has 1 aromatic heterocycles. The molecule has 0 amide bonds. The average molecular weight is 287 g/mol. The fourth-order valence-electron chi connectivity index (χ4n) is 2.05. The van der Waals surface area contributed by atoms with Gasteiger partial charge in [0, 0.05) is 12.6 Å². The first-order valence-corrected chi connectivity index (χ1v) is 6.56. The molecule has 0 unspecified atom stereocenters. The van der Waals surface area contributed by atoms with E-state index >= 15 is 0 Å². The first kappa shape index (κ1) is 14.7. The standard InChI is InChI=1S/C14H17N5O2/c1-10(2)18(8-11-6-4-3-5-7-11)14-12(19(20)21)13(15)16-9-17-14/h3-7,9-10H,8H2,1-2H3,(H2,15,16,17). The third kappa shape index (κ3) is 3.25. The van der Waals surface area contributed by atoms with Gasteiger partial charge in [-0.3, -0.25) is 10.1 Å². The molecule has 2 aromatic rings. The number of nitrogen functional groups attached to an aromatic ring is 1. The molecule has 2 rings (SSSR count). The molecule has 21 heavy (non-hydrogen) atoms. The van der Waals surface area contributed by atoms with Crippen LogP contribution < -0.4 is 10.6 Å². The Labute approximate surface area is 122 Å². The second-order valence-electron chi connectivity index (χ2n) is 4.90. The number of anilines is 2. The second-order valence-corrected chi connectivity index (χ2v) is 4.90. The lowest BCUT2D eigenvalue weighted by Crippen LogP contribution is -2.31. The predicted molar refractivity (Wildman–Crippen MR) is 80.9 cm³/mol. The Balaban J connectivity index is 2.44. The summed E-state index contributed by atoms with van der Waals surface area (Å²) in [6, 6.07) is 9.73. The minimum atomic E-state index is -0.537. The molecule has 7 nitrogen and oxygen atoms in total. The van der Waals surface area contributed by atoms with Crippen LogP contribution in [-0.2, 0) is 6.54 Å². The van der Waals surface area contributed by atoms with Gasteiger partial charge < -0.3 is 10.6 Å². The lowest BCUT2D eigenvalue weighted by Gasteiger charge is -2.27. The van der Waals surface area contributed by atoms with E-state index in [0.29, 0.717) is 6.54 Å². The van der Waals surface area contributed by atoms with Crippen LogP contribution in [0.15, 0.2) is 36.7 Å². The molecule has 0 fully saturated rings. The molecule has 2 N–H and O–H groups in total. The summed E-state index contributed by atoms with van der Waals surface area (Å²) in [5.74, 6) is 0.120. The maximum atomic E-state index is 11.2. The Morgan fingerprint density at radius 1 is 1.29 bits per heavy atom. The Bertz CT molecular complexity index is 631. The highest BCUT2D eigenvalue weighted by Gasteiger charge is 2.27. The fourth-order valence-corrected chi connectivity index (χ4v) is 2.05.